The molecule has 3 fully saturated rings. The molecule has 0 bridgehead atoms. The van der Waals surface area contributed by atoms with E-state index in [9.17, 15) is 9.59 Å². The van der Waals surface area contributed by atoms with Crippen LogP contribution in [0.5, 0.6) is 0 Å². The Morgan fingerprint density at radius 3 is 2.40 bits per heavy atom. The molecule has 6 nitrogen and oxygen atoms in total. The number of carbonyl (C=O) groups is 1. The quantitative estimate of drug-likeness (QED) is 0.845. The van der Waals surface area contributed by atoms with Crippen LogP contribution in [0.15, 0.2) is 4.79 Å². The Morgan fingerprint density at radius 1 is 1.00 bits per heavy atom. The number of rotatable bonds is 3. The van der Waals surface area contributed by atoms with Gasteiger partial charge < -0.3 is 4.90 Å². The van der Waals surface area contributed by atoms with E-state index in [1.807, 2.05) is 4.57 Å². The van der Waals surface area contributed by atoms with Crippen molar-refractivity contribution in [1.29, 1.82) is 0 Å². The average molecular weight is 346 g/mol. The third-order valence-corrected chi connectivity index (χ3v) is 6.47. The molecule has 1 amide bonds. The Labute approximate surface area is 149 Å². The van der Waals surface area contributed by atoms with Gasteiger partial charge in [-0.15, -0.1) is 0 Å². The second-order valence-corrected chi connectivity index (χ2v) is 8.18. The monoisotopic (exact) mass is 346 g/mol. The summed E-state index contributed by atoms with van der Waals surface area (Å²) in [6.07, 6.45) is 11.1. The fourth-order valence-corrected chi connectivity index (χ4v) is 5.10. The largest absolute Gasteiger partial charge is 0.345 e. The molecule has 1 unspecified atom stereocenters. The zero-order valence-electron chi connectivity index (χ0n) is 15.3. The van der Waals surface area contributed by atoms with E-state index >= 15 is 0 Å². The van der Waals surface area contributed by atoms with Gasteiger partial charge in [0, 0.05) is 38.0 Å². The minimum atomic E-state index is 0.0149. The molecule has 0 spiro atoms. The maximum absolute atomic E-state index is 12.8. The van der Waals surface area contributed by atoms with Gasteiger partial charge in [0.15, 0.2) is 0 Å². The lowest BCUT2D eigenvalue weighted by Gasteiger charge is -2.34. The number of nitrogens with zero attached hydrogens (tertiary/aromatic N) is 4. The Balaban J connectivity index is 1.56. The molecule has 1 saturated heterocycles. The smallest absolute Gasteiger partial charge is 0.342 e. The van der Waals surface area contributed by atoms with Crippen molar-refractivity contribution in [1.82, 2.24) is 19.2 Å². The van der Waals surface area contributed by atoms with E-state index in [4.69, 9.17) is 0 Å². The maximum Gasteiger partial charge on any atom is 0.345 e. The van der Waals surface area contributed by atoms with Gasteiger partial charge >= 0.3 is 5.69 Å². The van der Waals surface area contributed by atoms with Crippen molar-refractivity contribution < 1.29 is 4.79 Å². The van der Waals surface area contributed by atoms with Crippen molar-refractivity contribution in [3.05, 3.63) is 16.3 Å². The second-order valence-electron chi connectivity index (χ2n) is 8.18. The summed E-state index contributed by atoms with van der Waals surface area (Å²) in [5, 5.41) is 4.60. The zero-order valence-corrected chi connectivity index (χ0v) is 15.3. The molecule has 3 aliphatic rings. The maximum atomic E-state index is 12.8. The standard InChI is InChI=1S/C19H30N4O2/c1-21-19(25)23(16-10-4-5-11-16)17(20-21)15-9-6-12-22(13-15)18(24)14-7-2-3-8-14/h14-16H,2-13H2,1H3. The average Bonchev–Trinajstić information content (AvgIpc) is 3.37. The minimum absolute atomic E-state index is 0.0149. The molecular formula is C19H30N4O2. The van der Waals surface area contributed by atoms with Crippen LogP contribution in [0.25, 0.3) is 0 Å². The van der Waals surface area contributed by atoms with E-state index in [0.29, 0.717) is 11.9 Å². The minimum Gasteiger partial charge on any atom is -0.342 e. The van der Waals surface area contributed by atoms with Crippen molar-refractivity contribution in [3.63, 3.8) is 0 Å². The molecule has 138 valence electrons. The van der Waals surface area contributed by atoms with Gasteiger partial charge in [-0.1, -0.05) is 25.7 Å². The highest BCUT2D eigenvalue weighted by atomic mass is 16.2. The predicted octanol–water partition coefficient (Wildman–Crippen LogP) is 2.59. The topological polar surface area (TPSA) is 60.1 Å². The van der Waals surface area contributed by atoms with Gasteiger partial charge in [0.1, 0.15) is 5.82 Å². The highest BCUT2D eigenvalue weighted by Gasteiger charge is 2.34. The van der Waals surface area contributed by atoms with Gasteiger partial charge in [-0.25, -0.2) is 9.48 Å². The molecule has 25 heavy (non-hydrogen) atoms. The normalized spacial score (nSPS) is 25.8. The number of piperidine rings is 1. The van der Waals surface area contributed by atoms with Crippen molar-refractivity contribution in [2.75, 3.05) is 13.1 Å². The lowest BCUT2D eigenvalue weighted by atomic mass is 9.95. The lowest BCUT2D eigenvalue weighted by Crippen LogP contribution is -2.42. The second kappa shape index (κ2) is 6.96. The van der Waals surface area contributed by atoms with Gasteiger partial charge in [-0.05, 0) is 38.5 Å². The molecule has 1 aliphatic heterocycles. The molecular weight excluding hydrogens is 316 g/mol. The molecule has 0 aromatic carbocycles. The summed E-state index contributed by atoms with van der Waals surface area (Å²) in [5.41, 5.74) is 0.0149. The molecule has 2 aliphatic carbocycles. The molecule has 0 N–H and O–H groups in total. The van der Waals surface area contributed by atoms with Gasteiger partial charge in [0.05, 0.1) is 0 Å². The fraction of sp³-hybridized carbons (Fsp3) is 0.842. The Hall–Kier alpha value is -1.59. The van der Waals surface area contributed by atoms with Crippen LogP contribution >= 0.6 is 0 Å². The molecule has 1 aromatic rings. The zero-order chi connectivity index (χ0) is 17.4. The third-order valence-electron chi connectivity index (χ3n) is 6.47. The van der Waals surface area contributed by atoms with Crippen LogP contribution in [-0.2, 0) is 11.8 Å². The number of hydrogen-bond donors (Lipinski definition) is 0. The molecule has 1 aromatic heterocycles. The summed E-state index contributed by atoms with van der Waals surface area (Å²) in [4.78, 5) is 27.5. The first-order chi connectivity index (χ1) is 12.1. The van der Waals surface area contributed by atoms with Gasteiger partial charge in [-0.2, -0.15) is 5.10 Å². The number of likely N-dealkylation sites (tertiary alicyclic amines) is 1. The first-order valence-corrected chi connectivity index (χ1v) is 10.1. The highest BCUT2D eigenvalue weighted by Crippen LogP contribution is 2.34. The van der Waals surface area contributed by atoms with E-state index in [-0.39, 0.29) is 17.5 Å². The summed E-state index contributed by atoms with van der Waals surface area (Å²) in [6.45, 7) is 1.60. The first-order valence-electron chi connectivity index (χ1n) is 10.1. The number of aromatic nitrogens is 3. The van der Waals surface area contributed by atoms with Crippen LogP contribution in [0, 0.1) is 5.92 Å². The van der Waals surface area contributed by atoms with E-state index in [1.165, 1.54) is 30.4 Å². The van der Waals surface area contributed by atoms with Crippen molar-refractivity contribution >= 4 is 5.91 Å². The summed E-state index contributed by atoms with van der Waals surface area (Å²) >= 11 is 0. The lowest BCUT2D eigenvalue weighted by molar-refractivity contribution is -0.136. The molecule has 6 heteroatoms. The number of hydrogen-bond acceptors (Lipinski definition) is 3. The molecule has 4 rings (SSSR count). The number of amides is 1. The first kappa shape index (κ1) is 16.9. The SMILES string of the molecule is Cn1nc(C2CCCN(C(=O)C3CCCC3)C2)n(C2CCCC2)c1=O. The van der Waals surface area contributed by atoms with Crippen LogP contribution in [0.3, 0.4) is 0 Å². The van der Waals surface area contributed by atoms with E-state index in [0.717, 1.165) is 57.4 Å². The predicted molar refractivity (Wildman–Crippen MR) is 95.5 cm³/mol. The van der Waals surface area contributed by atoms with Crippen LogP contribution in [0.1, 0.15) is 82.0 Å². The highest BCUT2D eigenvalue weighted by molar-refractivity contribution is 5.79. The number of carbonyl (C=O) groups excluding carboxylic acids is 1. The van der Waals surface area contributed by atoms with Crippen LogP contribution in [0.4, 0.5) is 0 Å². The Kier molecular flexibility index (Phi) is 4.69. The summed E-state index contributed by atoms with van der Waals surface area (Å²) in [5.74, 6) is 1.70. The van der Waals surface area contributed by atoms with Gasteiger partial charge in [0.25, 0.3) is 0 Å². The van der Waals surface area contributed by atoms with E-state index in [2.05, 4.69) is 10.00 Å². The molecule has 1 atom stereocenters. The summed E-state index contributed by atoms with van der Waals surface area (Å²) in [6, 6.07) is 0.303. The van der Waals surface area contributed by atoms with E-state index < -0.39 is 0 Å². The Morgan fingerprint density at radius 2 is 1.68 bits per heavy atom. The number of aryl methyl sites for hydroxylation is 1. The van der Waals surface area contributed by atoms with Crippen LogP contribution < -0.4 is 5.69 Å². The molecule has 2 heterocycles. The Bertz CT molecular complexity index is 680. The van der Waals surface area contributed by atoms with Crippen molar-refractivity contribution in [3.8, 4) is 0 Å². The molecule has 0 radical (unpaired) electrons. The van der Waals surface area contributed by atoms with Gasteiger partial charge in [0.2, 0.25) is 5.91 Å². The van der Waals surface area contributed by atoms with E-state index in [1.54, 1.807) is 7.05 Å². The van der Waals surface area contributed by atoms with Gasteiger partial charge in [-0.3, -0.25) is 9.36 Å². The fourth-order valence-electron chi connectivity index (χ4n) is 5.10. The van der Waals surface area contributed by atoms with Crippen molar-refractivity contribution in [2.24, 2.45) is 13.0 Å². The molecule has 2 saturated carbocycles. The third kappa shape index (κ3) is 3.15. The van der Waals surface area contributed by atoms with Crippen molar-refractivity contribution in [2.45, 2.75) is 76.2 Å². The van der Waals surface area contributed by atoms with Crippen LogP contribution in [-0.4, -0.2) is 38.2 Å². The summed E-state index contributed by atoms with van der Waals surface area (Å²) < 4.78 is 3.45. The summed E-state index contributed by atoms with van der Waals surface area (Å²) in [7, 11) is 1.75. The van der Waals surface area contributed by atoms with Crippen LogP contribution in [0.2, 0.25) is 0 Å².